The van der Waals surface area contributed by atoms with E-state index in [1.54, 1.807) is 11.0 Å². The normalized spacial score (nSPS) is 13.8. The second-order valence-corrected chi connectivity index (χ2v) is 5.63. The predicted molar refractivity (Wildman–Crippen MR) is 109 cm³/mol. The summed E-state index contributed by atoms with van der Waals surface area (Å²) >= 11 is 0. The first-order chi connectivity index (χ1) is 11.1. The summed E-state index contributed by atoms with van der Waals surface area (Å²) < 4.78 is 1.74. The SMILES string of the molecule is CCNC(=NCc1ncnn1C)NC(C)C(C)c1ccccc1.I. The third-order valence-electron chi connectivity index (χ3n) is 3.97. The number of aryl methyl sites for hydroxylation is 1. The van der Waals surface area contributed by atoms with E-state index in [0.717, 1.165) is 18.3 Å². The lowest BCUT2D eigenvalue weighted by Crippen LogP contribution is -2.44. The summed E-state index contributed by atoms with van der Waals surface area (Å²) in [4.78, 5) is 8.80. The van der Waals surface area contributed by atoms with Crippen LogP contribution in [0.5, 0.6) is 0 Å². The molecule has 0 saturated carbocycles. The highest BCUT2D eigenvalue weighted by atomic mass is 127. The number of aliphatic imine (C=N–C) groups is 1. The van der Waals surface area contributed by atoms with Crippen molar-refractivity contribution >= 4 is 29.9 Å². The minimum Gasteiger partial charge on any atom is -0.357 e. The maximum absolute atomic E-state index is 4.60. The standard InChI is InChI=1S/C17H26N6.HI/c1-5-18-17(19-11-16-20-12-21-23(16)4)22-14(3)13(2)15-9-7-6-8-10-15;/h6-10,12-14H,5,11H2,1-4H3,(H2,18,19,22);1H. The Bertz CT molecular complexity index is 625. The molecule has 1 aromatic heterocycles. The molecule has 7 heteroatoms. The minimum atomic E-state index is 0. The zero-order chi connectivity index (χ0) is 16.7. The van der Waals surface area contributed by atoms with Gasteiger partial charge in [0.05, 0.1) is 0 Å². The zero-order valence-corrected chi connectivity index (χ0v) is 17.1. The van der Waals surface area contributed by atoms with Gasteiger partial charge in [-0.3, -0.25) is 4.68 Å². The van der Waals surface area contributed by atoms with E-state index in [0.29, 0.717) is 12.5 Å². The Kier molecular flexibility index (Phi) is 8.73. The number of hydrogen-bond acceptors (Lipinski definition) is 3. The lowest BCUT2D eigenvalue weighted by molar-refractivity contribution is 0.549. The van der Waals surface area contributed by atoms with Gasteiger partial charge in [-0.1, -0.05) is 37.3 Å². The van der Waals surface area contributed by atoms with Crippen molar-refractivity contribution in [2.75, 3.05) is 6.54 Å². The van der Waals surface area contributed by atoms with Crippen molar-refractivity contribution < 1.29 is 0 Å². The molecule has 0 aliphatic carbocycles. The molecule has 0 saturated heterocycles. The Hall–Kier alpha value is -1.64. The van der Waals surface area contributed by atoms with Crippen LogP contribution < -0.4 is 10.6 Å². The van der Waals surface area contributed by atoms with Crippen LogP contribution in [0.4, 0.5) is 0 Å². The van der Waals surface area contributed by atoms with Gasteiger partial charge in [0, 0.05) is 25.6 Å². The largest absolute Gasteiger partial charge is 0.357 e. The highest BCUT2D eigenvalue weighted by Gasteiger charge is 2.15. The van der Waals surface area contributed by atoms with E-state index < -0.39 is 0 Å². The molecule has 132 valence electrons. The zero-order valence-electron chi connectivity index (χ0n) is 14.7. The molecule has 0 amide bonds. The fourth-order valence-electron chi connectivity index (χ4n) is 2.32. The van der Waals surface area contributed by atoms with Crippen molar-refractivity contribution in [3.05, 3.63) is 48.0 Å². The fourth-order valence-corrected chi connectivity index (χ4v) is 2.32. The molecule has 2 atom stereocenters. The molecule has 0 fully saturated rings. The van der Waals surface area contributed by atoms with Gasteiger partial charge in [0.15, 0.2) is 5.96 Å². The van der Waals surface area contributed by atoms with Crippen LogP contribution in [0.1, 0.15) is 38.1 Å². The molecular formula is C17H27IN6. The van der Waals surface area contributed by atoms with Crippen molar-refractivity contribution in [3.8, 4) is 0 Å². The van der Waals surface area contributed by atoms with Gasteiger partial charge in [-0.05, 0) is 19.4 Å². The molecule has 1 heterocycles. The van der Waals surface area contributed by atoms with Gasteiger partial charge in [-0.15, -0.1) is 24.0 Å². The first-order valence-electron chi connectivity index (χ1n) is 8.04. The maximum atomic E-state index is 4.60. The maximum Gasteiger partial charge on any atom is 0.191 e. The first kappa shape index (κ1) is 20.4. The van der Waals surface area contributed by atoms with E-state index in [4.69, 9.17) is 0 Å². The van der Waals surface area contributed by atoms with Gasteiger partial charge >= 0.3 is 0 Å². The summed E-state index contributed by atoms with van der Waals surface area (Å²) in [6.07, 6.45) is 1.55. The molecular weight excluding hydrogens is 415 g/mol. The van der Waals surface area contributed by atoms with E-state index in [1.165, 1.54) is 5.56 Å². The number of nitrogens with zero attached hydrogens (tertiary/aromatic N) is 4. The van der Waals surface area contributed by atoms with Crippen molar-refractivity contribution in [2.24, 2.45) is 12.0 Å². The summed E-state index contributed by atoms with van der Waals surface area (Å²) in [6, 6.07) is 10.8. The molecule has 6 nitrogen and oxygen atoms in total. The summed E-state index contributed by atoms with van der Waals surface area (Å²) in [5.74, 6) is 2.02. The van der Waals surface area contributed by atoms with E-state index in [1.807, 2.05) is 13.1 Å². The monoisotopic (exact) mass is 442 g/mol. The van der Waals surface area contributed by atoms with E-state index in [-0.39, 0.29) is 30.0 Å². The Morgan fingerprint density at radius 2 is 1.96 bits per heavy atom. The van der Waals surface area contributed by atoms with Gasteiger partial charge in [-0.25, -0.2) is 9.98 Å². The minimum absolute atomic E-state index is 0. The fraction of sp³-hybridized carbons (Fsp3) is 0.471. The molecule has 2 N–H and O–H groups in total. The highest BCUT2D eigenvalue weighted by Crippen LogP contribution is 2.18. The van der Waals surface area contributed by atoms with Crippen molar-refractivity contribution in [3.63, 3.8) is 0 Å². The van der Waals surface area contributed by atoms with E-state index in [2.05, 4.69) is 70.7 Å². The van der Waals surface area contributed by atoms with E-state index >= 15 is 0 Å². The second kappa shape index (κ2) is 10.3. The van der Waals surface area contributed by atoms with Gasteiger partial charge in [-0.2, -0.15) is 5.10 Å². The third kappa shape index (κ3) is 5.77. The first-order valence-corrected chi connectivity index (χ1v) is 8.04. The van der Waals surface area contributed by atoms with Gasteiger partial charge in [0.25, 0.3) is 0 Å². The van der Waals surface area contributed by atoms with Gasteiger partial charge in [0.1, 0.15) is 18.7 Å². The Balaban J connectivity index is 0.00000288. The summed E-state index contributed by atoms with van der Waals surface area (Å²) in [6.45, 7) is 7.77. The average Bonchev–Trinajstić information content (AvgIpc) is 2.98. The van der Waals surface area contributed by atoms with Crippen molar-refractivity contribution in [2.45, 2.75) is 39.3 Å². The molecule has 1 aromatic carbocycles. The van der Waals surface area contributed by atoms with Crippen LogP contribution in [0.3, 0.4) is 0 Å². The van der Waals surface area contributed by atoms with Gasteiger partial charge < -0.3 is 10.6 Å². The number of nitrogens with one attached hydrogen (secondary N) is 2. The van der Waals surface area contributed by atoms with Gasteiger partial charge in [0.2, 0.25) is 0 Å². The van der Waals surface area contributed by atoms with Crippen LogP contribution in [0.2, 0.25) is 0 Å². The van der Waals surface area contributed by atoms with Crippen LogP contribution in [0.15, 0.2) is 41.7 Å². The van der Waals surface area contributed by atoms with Crippen LogP contribution in [-0.4, -0.2) is 33.3 Å². The molecule has 0 bridgehead atoms. The average molecular weight is 442 g/mol. The molecule has 2 rings (SSSR count). The number of aromatic nitrogens is 3. The Morgan fingerprint density at radius 3 is 2.54 bits per heavy atom. The third-order valence-corrected chi connectivity index (χ3v) is 3.97. The van der Waals surface area contributed by atoms with Crippen molar-refractivity contribution in [1.29, 1.82) is 0 Å². The highest BCUT2D eigenvalue weighted by molar-refractivity contribution is 14.0. The molecule has 2 unspecified atom stereocenters. The summed E-state index contributed by atoms with van der Waals surface area (Å²) in [5.41, 5.74) is 1.32. The number of hydrogen-bond donors (Lipinski definition) is 2. The number of rotatable bonds is 6. The predicted octanol–water partition coefficient (Wildman–Crippen LogP) is 2.68. The van der Waals surface area contributed by atoms with Crippen LogP contribution >= 0.6 is 24.0 Å². The summed E-state index contributed by atoms with van der Waals surface area (Å²) in [7, 11) is 1.87. The lowest BCUT2D eigenvalue weighted by Gasteiger charge is -2.24. The lowest BCUT2D eigenvalue weighted by atomic mass is 9.94. The Morgan fingerprint density at radius 1 is 1.25 bits per heavy atom. The molecule has 2 aromatic rings. The molecule has 24 heavy (non-hydrogen) atoms. The number of guanidine groups is 1. The van der Waals surface area contributed by atoms with Crippen LogP contribution in [0.25, 0.3) is 0 Å². The molecule has 0 aliphatic heterocycles. The van der Waals surface area contributed by atoms with Crippen molar-refractivity contribution in [1.82, 2.24) is 25.4 Å². The number of halogens is 1. The van der Waals surface area contributed by atoms with Crippen LogP contribution in [0, 0.1) is 0 Å². The molecule has 0 radical (unpaired) electrons. The molecule has 0 spiro atoms. The topological polar surface area (TPSA) is 67.1 Å². The Labute approximate surface area is 161 Å². The van der Waals surface area contributed by atoms with Crippen LogP contribution in [-0.2, 0) is 13.6 Å². The smallest absolute Gasteiger partial charge is 0.191 e. The second-order valence-electron chi connectivity index (χ2n) is 5.63. The molecule has 0 aliphatic rings. The number of benzene rings is 1. The van der Waals surface area contributed by atoms with E-state index in [9.17, 15) is 0 Å². The quantitative estimate of drug-likeness (QED) is 0.410. The summed E-state index contributed by atoms with van der Waals surface area (Å²) in [5, 5.41) is 10.8.